The smallest absolute Gasteiger partial charge is 0.120 e. The Kier molecular flexibility index (Phi) is 3.93. The van der Waals surface area contributed by atoms with Crippen molar-refractivity contribution in [1.29, 1.82) is 0 Å². The fourth-order valence-electron chi connectivity index (χ4n) is 1.84. The summed E-state index contributed by atoms with van der Waals surface area (Å²) in [6.45, 7) is 3.39. The molecule has 16 heavy (non-hydrogen) atoms. The van der Waals surface area contributed by atoms with Crippen molar-refractivity contribution in [2.45, 2.75) is 5.50 Å². The highest BCUT2D eigenvalue weighted by atomic mass is 32.1. The minimum absolute atomic E-state index is 0.345. The molecule has 1 fully saturated rings. The van der Waals surface area contributed by atoms with Crippen LogP contribution in [0.15, 0.2) is 24.3 Å². The van der Waals surface area contributed by atoms with Crippen LogP contribution in [-0.4, -0.2) is 31.8 Å². The molecule has 1 heterocycles. The molecule has 0 aromatic heterocycles. The van der Waals surface area contributed by atoms with Gasteiger partial charge in [0.05, 0.1) is 24.6 Å². The van der Waals surface area contributed by atoms with Crippen LogP contribution in [0, 0.1) is 0 Å². The normalized spacial score (nSPS) is 18.2. The molecule has 1 aromatic rings. The van der Waals surface area contributed by atoms with Crippen LogP contribution in [0.1, 0.15) is 0 Å². The molecule has 1 aromatic carbocycles. The van der Waals surface area contributed by atoms with E-state index in [2.05, 4.69) is 28.9 Å². The maximum Gasteiger partial charge on any atom is 0.120 e. The Bertz CT molecular complexity index is 340. The van der Waals surface area contributed by atoms with Crippen molar-refractivity contribution in [2.75, 3.05) is 36.5 Å². The summed E-state index contributed by atoms with van der Waals surface area (Å²) in [6, 6.07) is 8.12. The number of rotatable bonds is 3. The predicted molar refractivity (Wildman–Crippen MR) is 70.1 cm³/mol. The van der Waals surface area contributed by atoms with Gasteiger partial charge in [-0.3, -0.25) is 0 Å². The third-order valence-electron chi connectivity index (χ3n) is 2.56. The molecule has 1 aliphatic rings. The lowest BCUT2D eigenvalue weighted by atomic mass is 10.2. The number of nitrogens with zero attached hydrogens (tertiary/aromatic N) is 1. The van der Waals surface area contributed by atoms with E-state index in [0.717, 1.165) is 37.7 Å². The summed E-state index contributed by atoms with van der Waals surface area (Å²) in [7, 11) is 0. The van der Waals surface area contributed by atoms with Gasteiger partial charge in [-0.25, -0.2) is 0 Å². The first-order valence-electron chi connectivity index (χ1n) is 5.39. The van der Waals surface area contributed by atoms with Crippen LogP contribution in [-0.2, 0) is 4.74 Å². The fraction of sp³-hybridized carbons (Fsp3) is 0.455. The number of nitrogens with two attached hydrogens (primary N) is 1. The lowest BCUT2D eigenvalue weighted by molar-refractivity contribution is 0.123. The lowest BCUT2D eigenvalue weighted by Gasteiger charge is -2.31. The molecule has 88 valence electrons. The van der Waals surface area contributed by atoms with Crippen molar-refractivity contribution >= 4 is 24.0 Å². The largest absolute Gasteiger partial charge is 0.378 e. The molecule has 1 saturated heterocycles. The Labute approximate surface area is 101 Å². The Morgan fingerprint density at radius 2 is 2.00 bits per heavy atom. The number of anilines is 2. The molecule has 4 nitrogen and oxygen atoms in total. The molecule has 0 radical (unpaired) electrons. The van der Waals surface area contributed by atoms with Crippen LogP contribution >= 0.6 is 12.6 Å². The number of morpholine rings is 1. The predicted octanol–water partition coefficient (Wildman–Crippen LogP) is 1.11. The standard InChI is InChI=1S/C11H17N3OS/c12-11(16)13-9-3-1-2-4-10(9)14-5-7-15-8-6-14/h1-4,11,13,16H,5-8,12H2. The molecule has 1 atom stereocenters. The summed E-state index contributed by atoms with van der Waals surface area (Å²) >= 11 is 4.14. The van der Waals surface area contributed by atoms with Gasteiger partial charge in [0, 0.05) is 13.1 Å². The number of hydrogen-bond donors (Lipinski definition) is 3. The summed E-state index contributed by atoms with van der Waals surface area (Å²) in [5.41, 5.74) is 7.47. The van der Waals surface area contributed by atoms with Gasteiger partial charge in [-0.05, 0) is 12.1 Å². The third kappa shape index (κ3) is 2.81. The van der Waals surface area contributed by atoms with Gasteiger partial charge in [-0.1, -0.05) is 12.1 Å². The van der Waals surface area contributed by atoms with Crippen LogP contribution in [0.25, 0.3) is 0 Å². The van der Waals surface area contributed by atoms with E-state index < -0.39 is 0 Å². The zero-order chi connectivity index (χ0) is 11.4. The fourth-order valence-corrected chi connectivity index (χ4v) is 1.97. The SMILES string of the molecule is NC(S)Nc1ccccc1N1CCOCC1. The first kappa shape index (κ1) is 11.6. The minimum Gasteiger partial charge on any atom is -0.378 e. The van der Waals surface area contributed by atoms with Crippen LogP contribution in [0.2, 0.25) is 0 Å². The number of benzene rings is 1. The van der Waals surface area contributed by atoms with Crippen molar-refractivity contribution < 1.29 is 4.74 Å². The Hall–Kier alpha value is -0.910. The molecule has 0 saturated carbocycles. The highest BCUT2D eigenvalue weighted by Crippen LogP contribution is 2.26. The molecule has 1 unspecified atom stereocenters. The van der Waals surface area contributed by atoms with E-state index in [1.54, 1.807) is 0 Å². The van der Waals surface area contributed by atoms with E-state index in [1.807, 2.05) is 18.2 Å². The molecule has 0 bridgehead atoms. The highest BCUT2D eigenvalue weighted by Gasteiger charge is 2.14. The zero-order valence-corrected chi connectivity index (χ0v) is 9.99. The monoisotopic (exact) mass is 239 g/mol. The van der Waals surface area contributed by atoms with Gasteiger partial charge in [0.15, 0.2) is 0 Å². The number of thiol groups is 1. The average molecular weight is 239 g/mol. The van der Waals surface area contributed by atoms with E-state index in [-0.39, 0.29) is 5.50 Å². The first-order valence-corrected chi connectivity index (χ1v) is 5.91. The first-order chi connectivity index (χ1) is 7.77. The maximum atomic E-state index is 5.63. The van der Waals surface area contributed by atoms with E-state index in [0.29, 0.717) is 0 Å². The second kappa shape index (κ2) is 5.43. The topological polar surface area (TPSA) is 50.5 Å². The number of ether oxygens (including phenoxy) is 1. The summed E-state index contributed by atoms with van der Waals surface area (Å²) < 4.78 is 5.34. The zero-order valence-electron chi connectivity index (χ0n) is 9.10. The van der Waals surface area contributed by atoms with Gasteiger partial charge in [0.25, 0.3) is 0 Å². The quantitative estimate of drug-likeness (QED) is 0.546. The van der Waals surface area contributed by atoms with Crippen molar-refractivity contribution in [1.82, 2.24) is 0 Å². The van der Waals surface area contributed by atoms with Crippen LogP contribution < -0.4 is 16.0 Å². The van der Waals surface area contributed by atoms with Gasteiger partial charge in [0.2, 0.25) is 0 Å². The van der Waals surface area contributed by atoms with Gasteiger partial charge < -0.3 is 20.7 Å². The van der Waals surface area contributed by atoms with E-state index in [1.165, 1.54) is 0 Å². The maximum absolute atomic E-state index is 5.63. The van der Waals surface area contributed by atoms with Crippen molar-refractivity contribution in [2.24, 2.45) is 5.73 Å². The Balaban J connectivity index is 2.17. The molecule has 0 spiro atoms. The molecule has 0 aliphatic carbocycles. The van der Waals surface area contributed by atoms with Gasteiger partial charge >= 0.3 is 0 Å². The van der Waals surface area contributed by atoms with E-state index in [9.17, 15) is 0 Å². The summed E-state index contributed by atoms with van der Waals surface area (Å²) in [6.07, 6.45) is 0. The van der Waals surface area contributed by atoms with Gasteiger partial charge in [0.1, 0.15) is 5.50 Å². The van der Waals surface area contributed by atoms with E-state index >= 15 is 0 Å². The van der Waals surface area contributed by atoms with Crippen molar-refractivity contribution in [3.05, 3.63) is 24.3 Å². The molecule has 0 amide bonds. The second-order valence-electron chi connectivity index (χ2n) is 3.71. The Morgan fingerprint density at radius 3 is 2.69 bits per heavy atom. The highest BCUT2D eigenvalue weighted by molar-refractivity contribution is 7.81. The molecule has 3 N–H and O–H groups in total. The molecule has 1 aliphatic heterocycles. The van der Waals surface area contributed by atoms with Crippen LogP contribution in [0.5, 0.6) is 0 Å². The average Bonchev–Trinajstić information content (AvgIpc) is 2.30. The Morgan fingerprint density at radius 1 is 1.31 bits per heavy atom. The molecular weight excluding hydrogens is 222 g/mol. The summed E-state index contributed by atoms with van der Waals surface area (Å²) in [4.78, 5) is 2.29. The van der Waals surface area contributed by atoms with Crippen LogP contribution in [0.3, 0.4) is 0 Å². The summed E-state index contributed by atoms with van der Waals surface area (Å²) in [5, 5.41) is 3.13. The summed E-state index contributed by atoms with van der Waals surface area (Å²) in [5.74, 6) is 0. The molecule has 5 heteroatoms. The molecule has 2 rings (SSSR count). The second-order valence-corrected chi connectivity index (χ2v) is 4.26. The van der Waals surface area contributed by atoms with Crippen molar-refractivity contribution in [3.8, 4) is 0 Å². The molecular formula is C11H17N3OS. The van der Waals surface area contributed by atoms with Crippen molar-refractivity contribution in [3.63, 3.8) is 0 Å². The number of nitrogens with one attached hydrogen (secondary N) is 1. The van der Waals surface area contributed by atoms with Crippen LogP contribution in [0.4, 0.5) is 11.4 Å². The van der Waals surface area contributed by atoms with Gasteiger partial charge in [-0.2, -0.15) is 0 Å². The lowest BCUT2D eigenvalue weighted by Crippen LogP contribution is -2.37. The minimum atomic E-state index is -0.345. The van der Waals surface area contributed by atoms with Gasteiger partial charge in [-0.15, -0.1) is 12.6 Å². The number of hydrogen-bond acceptors (Lipinski definition) is 5. The van der Waals surface area contributed by atoms with E-state index in [4.69, 9.17) is 10.5 Å². The number of para-hydroxylation sites is 2. The third-order valence-corrected chi connectivity index (χ3v) is 2.69.